The molecule has 0 aliphatic heterocycles. The monoisotopic (exact) mass is 370 g/mol. The van der Waals surface area contributed by atoms with E-state index in [2.05, 4.69) is 42.4 Å². The van der Waals surface area contributed by atoms with Gasteiger partial charge in [-0.15, -0.1) is 0 Å². The van der Waals surface area contributed by atoms with Gasteiger partial charge in [-0.25, -0.2) is 5.43 Å². The largest absolute Gasteiger partial charge is 0.448 e. The Labute approximate surface area is 120 Å². The Morgan fingerprint density at radius 2 is 2.00 bits per heavy atom. The molecule has 0 aliphatic carbocycles. The summed E-state index contributed by atoms with van der Waals surface area (Å²) in [5.41, 5.74) is 2.95. The van der Waals surface area contributed by atoms with E-state index in [0.29, 0.717) is 16.0 Å². The number of nitrogens with one attached hydrogen (secondary N) is 1. The van der Waals surface area contributed by atoms with Crippen LogP contribution in [0.25, 0.3) is 0 Å². The number of rotatable bonds is 3. The van der Waals surface area contributed by atoms with E-state index in [4.69, 9.17) is 4.42 Å². The zero-order valence-electron chi connectivity index (χ0n) is 9.06. The third kappa shape index (κ3) is 3.30. The molecule has 0 atom stereocenters. The molecule has 1 N–H and O–H groups in total. The number of carbonyl (C=O) groups excluding carboxylic acids is 1. The molecule has 1 heterocycles. The molecule has 18 heavy (non-hydrogen) atoms. The Hall–Kier alpha value is -1.40. The molecule has 0 saturated heterocycles. The lowest BCUT2D eigenvalue weighted by atomic mass is 10.2. The SMILES string of the molecule is O=C(N/N=C\c1ccc(Br)o1)c1ccccc1Br. The number of amides is 1. The van der Waals surface area contributed by atoms with E-state index >= 15 is 0 Å². The first-order chi connectivity index (χ1) is 8.66. The lowest BCUT2D eigenvalue weighted by Gasteiger charge is -2.01. The molecule has 0 aliphatic rings. The predicted molar refractivity (Wildman–Crippen MR) is 75.6 cm³/mol. The fourth-order valence-electron chi connectivity index (χ4n) is 1.26. The molecule has 2 rings (SSSR count). The van der Waals surface area contributed by atoms with Crippen LogP contribution in [0.15, 0.2) is 55.1 Å². The molecule has 1 amide bonds. The molecule has 1 aromatic heterocycles. The van der Waals surface area contributed by atoms with Crippen molar-refractivity contribution in [2.75, 3.05) is 0 Å². The summed E-state index contributed by atoms with van der Waals surface area (Å²) >= 11 is 6.48. The van der Waals surface area contributed by atoms with Crippen LogP contribution in [0.4, 0.5) is 0 Å². The number of carbonyl (C=O) groups is 1. The molecule has 4 nitrogen and oxygen atoms in total. The molecule has 92 valence electrons. The van der Waals surface area contributed by atoms with Gasteiger partial charge >= 0.3 is 0 Å². The normalized spacial score (nSPS) is 10.8. The lowest BCUT2D eigenvalue weighted by molar-refractivity contribution is 0.0954. The summed E-state index contributed by atoms with van der Waals surface area (Å²) in [6.07, 6.45) is 1.43. The van der Waals surface area contributed by atoms with Crippen LogP contribution in [0.3, 0.4) is 0 Å². The summed E-state index contributed by atoms with van der Waals surface area (Å²) in [7, 11) is 0. The van der Waals surface area contributed by atoms with Crippen LogP contribution in [-0.2, 0) is 0 Å². The molecule has 0 unspecified atom stereocenters. The number of hydrazone groups is 1. The Bertz CT molecular complexity index is 593. The van der Waals surface area contributed by atoms with E-state index in [0.717, 1.165) is 4.47 Å². The van der Waals surface area contributed by atoms with E-state index in [9.17, 15) is 4.79 Å². The molecule has 2 aromatic rings. The second kappa shape index (κ2) is 5.97. The Kier molecular flexibility index (Phi) is 4.33. The average Bonchev–Trinajstić information content (AvgIpc) is 2.75. The predicted octanol–water partition coefficient (Wildman–Crippen LogP) is 3.57. The van der Waals surface area contributed by atoms with E-state index in [1.54, 1.807) is 30.3 Å². The minimum absolute atomic E-state index is 0.288. The maximum Gasteiger partial charge on any atom is 0.272 e. The van der Waals surface area contributed by atoms with E-state index in [1.165, 1.54) is 6.21 Å². The van der Waals surface area contributed by atoms with Gasteiger partial charge in [0.05, 0.1) is 11.8 Å². The van der Waals surface area contributed by atoms with Gasteiger partial charge < -0.3 is 4.42 Å². The second-order valence-corrected chi connectivity index (χ2v) is 4.96. The molecule has 0 saturated carbocycles. The molecule has 0 bridgehead atoms. The number of hydrogen-bond acceptors (Lipinski definition) is 3. The second-order valence-electron chi connectivity index (χ2n) is 3.32. The first kappa shape index (κ1) is 13.0. The van der Waals surface area contributed by atoms with Gasteiger partial charge in [0.2, 0.25) is 0 Å². The lowest BCUT2D eigenvalue weighted by Crippen LogP contribution is -2.17. The zero-order chi connectivity index (χ0) is 13.0. The Morgan fingerprint density at radius 3 is 2.67 bits per heavy atom. The van der Waals surface area contributed by atoms with Crippen LogP contribution in [0.2, 0.25) is 0 Å². The highest BCUT2D eigenvalue weighted by molar-refractivity contribution is 9.10. The quantitative estimate of drug-likeness (QED) is 0.662. The Balaban J connectivity index is 2.01. The van der Waals surface area contributed by atoms with Crippen molar-refractivity contribution in [2.45, 2.75) is 0 Å². The first-order valence-electron chi connectivity index (χ1n) is 5.00. The van der Waals surface area contributed by atoms with Gasteiger partial charge in [0.1, 0.15) is 5.76 Å². The van der Waals surface area contributed by atoms with Crippen molar-refractivity contribution in [1.82, 2.24) is 5.43 Å². The van der Waals surface area contributed by atoms with Crippen molar-refractivity contribution in [3.8, 4) is 0 Å². The number of halogens is 2. The van der Waals surface area contributed by atoms with Crippen LogP contribution < -0.4 is 5.43 Å². The summed E-state index contributed by atoms with van der Waals surface area (Å²) in [4.78, 5) is 11.8. The molecule has 6 heteroatoms. The van der Waals surface area contributed by atoms with Crippen LogP contribution in [-0.4, -0.2) is 12.1 Å². The van der Waals surface area contributed by atoms with Gasteiger partial charge in [0.15, 0.2) is 4.67 Å². The van der Waals surface area contributed by atoms with E-state index in [-0.39, 0.29) is 5.91 Å². The van der Waals surface area contributed by atoms with Crippen molar-refractivity contribution in [1.29, 1.82) is 0 Å². The third-order valence-corrected chi connectivity index (χ3v) is 3.19. The highest BCUT2D eigenvalue weighted by Crippen LogP contribution is 2.15. The number of benzene rings is 1. The van der Waals surface area contributed by atoms with Crippen molar-refractivity contribution in [2.24, 2.45) is 5.10 Å². The van der Waals surface area contributed by atoms with E-state index in [1.807, 2.05) is 6.07 Å². The molecular formula is C12H8Br2N2O2. The topological polar surface area (TPSA) is 54.6 Å². The Morgan fingerprint density at radius 1 is 1.22 bits per heavy atom. The van der Waals surface area contributed by atoms with Crippen LogP contribution in [0, 0.1) is 0 Å². The summed E-state index contributed by atoms with van der Waals surface area (Å²) in [6, 6.07) is 10.6. The first-order valence-corrected chi connectivity index (χ1v) is 6.58. The molecule has 0 radical (unpaired) electrons. The summed E-state index contributed by atoms with van der Waals surface area (Å²) in [6.45, 7) is 0. The van der Waals surface area contributed by atoms with Crippen LogP contribution >= 0.6 is 31.9 Å². The van der Waals surface area contributed by atoms with Crippen molar-refractivity contribution in [3.05, 3.63) is 56.9 Å². The number of nitrogens with zero attached hydrogens (tertiary/aromatic N) is 1. The average molecular weight is 372 g/mol. The summed E-state index contributed by atoms with van der Waals surface area (Å²) < 4.78 is 6.53. The maximum atomic E-state index is 11.8. The van der Waals surface area contributed by atoms with Gasteiger partial charge in [-0.1, -0.05) is 12.1 Å². The summed E-state index contributed by atoms with van der Waals surface area (Å²) in [5, 5.41) is 3.81. The fraction of sp³-hybridized carbons (Fsp3) is 0. The highest BCUT2D eigenvalue weighted by Gasteiger charge is 2.07. The fourth-order valence-corrected chi connectivity index (χ4v) is 2.04. The van der Waals surface area contributed by atoms with Gasteiger partial charge in [-0.2, -0.15) is 5.10 Å². The number of furan rings is 1. The van der Waals surface area contributed by atoms with Crippen LogP contribution in [0.1, 0.15) is 16.1 Å². The molecule has 1 aromatic carbocycles. The highest BCUT2D eigenvalue weighted by atomic mass is 79.9. The van der Waals surface area contributed by atoms with Gasteiger partial charge in [0, 0.05) is 4.47 Å². The minimum atomic E-state index is -0.288. The van der Waals surface area contributed by atoms with Crippen molar-refractivity contribution < 1.29 is 9.21 Å². The third-order valence-electron chi connectivity index (χ3n) is 2.07. The molecular weight excluding hydrogens is 364 g/mol. The van der Waals surface area contributed by atoms with Gasteiger partial charge in [-0.3, -0.25) is 4.79 Å². The number of hydrogen-bond donors (Lipinski definition) is 1. The zero-order valence-corrected chi connectivity index (χ0v) is 12.2. The minimum Gasteiger partial charge on any atom is -0.448 e. The van der Waals surface area contributed by atoms with Crippen molar-refractivity contribution >= 4 is 44.0 Å². The smallest absolute Gasteiger partial charge is 0.272 e. The van der Waals surface area contributed by atoms with Gasteiger partial charge in [0.25, 0.3) is 5.91 Å². The van der Waals surface area contributed by atoms with E-state index < -0.39 is 0 Å². The molecule has 0 fully saturated rings. The summed E-state index contributed by atoms with van der Waals surface area (Å²) in [5.74, 6) is 0.263. The van der Waals surface area contributed by atoms with Crippen LogP contribution in [0.5, 0.6) is 0 Å². The molecule has 0 spiro atoms. The van der Waals surface area contributed by atoms with Gasteiger partial charge in [-0.05, 0) is 56.1 Å². The maximum absolute atomic E-state index is 11.8. The standard InChI is InChI=1S/C12H8Br2N2O2/c13-10-4-2-1-3-9(10)12(17)16-15-7-8-5-6-11(14)18-8/h1-7H,(H,16,17)/b15-7-. The van der Waals surface area contributed by atoms with Crippen molar-refractivity contribution in [3.63, 3.8) is 0 Å².